The van der Waals surface area contributed by atoms with E-state index in [0.29, 0.717) is 6.61 Å². The molecule has 25 heavy (non-hydrogen) atoms. The van der Waals surface area contributed by atoms with Crippen LogP contribution >= 0.6 is 0 Å². The normalized spacial score (nSPS) is 11.6. The maximum Gasteiger partial charge on any atom is 0.121 e. The molecule has 1 atom stereocenters. The Bertz CT molecular complexity index is 759. The summed E-state index contributed by atoms with van der Waals surface area (Å²) in [6.07, 6.45) is 0.0660. The molecule has 0 aliphatic rings. The second kappa shape index (κ2) is 8.78. The van der Waals surface area contributed by atoms with Crippen LogP contribution in [0, 0.1) is 0 Å². The van der Waals surface area contributed by atoms with Gasteiger partial charge < -0.3 is 14.8 Å². The van der Waals surface area contributed by atoms with E-state index in [-0.39, 0.29) is 6.10 Å². The molecule has 0 fully saturated rings. The molecular formula is C22H23NO2. The van der Waals surface area contributed by atoms with Gasteiger partial charge in [0.1, 0.15) is 24.2 Å². The quantitative estimate of drug-likeness (QED) is 0.619. The number of ether oxygens (including phenoxy) is 2. The molecule has 3 nitrogen and oxygen atoms in total. The summed E-state index contributed by atoms with van der Waals surface area (Å²) in [6, 6.07) is 28.0. The van der Waals surface area contributed by atoms with E-state index >= 15 is 0 Å². The highest BCUT2D eigenvalue weighted by molar-refractivity contribution is 5.48. The lowest BCUT2D eigenvalue weighted by Crippen LogP contribution is -2.22. The third-order valence-corrected chi connectivity index (χ3v) is 3.76. The van der Waals surface area contributed by atoms with Crippen LogP contribution in [0.15, 0.2) is 84.9 Å². The molecule has 3 aromatic rings. The molecule has 0 bridgehead atoms. The molecule has 3 aromatic carbocycles. The average Bonchev–Trinajstić information content (AvgIpc) is 2.67. The fourth-order valence-corrected chi connectivity index (χ4v) is 2.47. The van der Waals surface area contributed by atoms with Gasteiger partial charge in [-0.3, -0.25) is 0 Å². The number of hydrogen-bond acceptors (Lipinski definition) is 3. The summed E-state index contributed by atoms with van der Waals surface area (Å²) in [5.74, 6) is 1.74. The Balaban J connectivity index is 1.49. The molecule has 0 aliphatic heterocycles. The molecule has 0 heterocycles. The van der Waals surface area contributed by atoms with Crippen molar-refractivity contribution in [1.29, 1.82) is 0 Å². The van der Waals surface area contributed by atoms with Gasteiger partial charge in [0.2, 0.25) is 0 Å². The molecule has 0 radical (unpaired) electrons. The Hall–Kier alpha value is -2.94. The molecule has 0 aliphatic carbocycles. The van der Waals surface area contributed by atoms with Gasteiger partial charge in [-0.15, -0.1) is 0 Å². The standard InChI is InChI=1S/C22H23NO2/c1-18(25-21-12-6-3-7-13-21)16-23-20-11-8-14-22(15-20)24-17-19-9-4-2-5-10-19/h2-15,18,23H,16-17H2,1H3. The second-order valence-electron chi connectivity index (χ2n) is 5.92. The Morgan fingerprint density at radius 1 is 0.800 bits per heavy atom. The molecule has 0 amide bonds. The zero-order valence-corrected chi connectivity index (χ0v) is 14.4. The first-order chi connectivity index (χ1) is 12.3. The van der Waals surface area contributed by atoms with Crippen molar-refractivity contribution < 1.29 is 9.47 Å². The Kier molecular flexibility index (Phi) is 5.94. The monoisotopic (exact) mass is 333 g/mol. The van der Waals surface area contributed by atoms with Gasteiger partial charge in [0.15, 0.2) is 0 Å². The van der Waals surface area contributed by atoms with Gasteiger partial charge in [0.05, 0.1) is 6.54 Å². The summed E-state index contributed by atoms with van der Waals surface area (Å²) in [6.45, 7) is 3.34. The molecule has 0 aromatic heterocycles. The van der Waals surface area contributed by atoms with Crippen LogP contribution in [0.4, 0.5) is 5.69 Å². The van der Waals surface area contributed by atoms with Crippen molar-refractivity contribution in [1.82, 2.24) is 0 Å². The van der Waals surface area contributed by atoms with Gasteiger partial charge in [-0.05, 0) is 36.8 Å². The molecule has 128 valence electrons. The number of hydrogen-bond donors (Lipinski definition) is 1. The van der Waals surface area contributed by atoms with Crippen molar-refractivity contribution in [3.05, 3.63) is 90.5 Å². The summed E-state index contributed by atoms with van der Waals surface area (Å²) in [7, 11) is 0. The van der Waals surface area contributed by atoms with Crippen molar-refractivity contribution in [2.45, 2.75) is 19.6 Å². The number of benzene rings is 3. The van der Waals surface area contributed by atoms with Gasteiger partial charge in [-0.1, -0.05) is 54.6 Å². The lowest BCUT2D eigenvalue weighted by atomic mass is 10.2. The molecule has 3 heteroatoms. The molecule has 0 saturated carbocycles. The van der Waals surface area contributed by atoms with Crippen molar-refractivity contribution in [2.75, 3.05) is 11.9 Å². The van der Waals surface area contributed by atoms with Crippen LogP contribution in [0.3, 0.4) is 0 Å². The fourth-order valence-electron chi connectivity index (χ4n) is 2.47. The minimum absolute atomic E-state index is 0.0660. The van der Waals surface area contributed by atoms with Crippen LogP contribution in [0.1, 0.15) is 12.5 Å². The highest BCUT2D eigenvalue weighted by Gasteiger charge is 2.04. The van der Waals surface area contributed by atoms with E-state index in [9.17, 15) is 0 Å². The maximum absolute atomic E-state index is 5.88. The summed E-state index contributed by atoms with van der Waals surface area (Å²) in [4.78, 5) is 0. The third kappa shape index (κ3) is 5.57. The van der Waals surface area contributed by atoms with Crippen LogP contribution in [-0.2, 0) is 6.61 Å². The summed E-state index contributed by atoms with van der Waals surface area (Å²) in [5, 5.41) is 3.40. The van der Waals surface area contributed by atoms with E-state index < -0.39 is 0 Å². The first-order valence-corrected chi connectivity index (χ1v) is 8.52. The molecule has 0 spiro atoms. The van der Waals surface area contributed by atoms with Gasteiger partial charge in [0, 0.05) is 11.8 Å². The van der Waals surface area contributed by atoms with E-state index in [4.69, 9.17) is 9.47 Å². The van der Waals surface area contributed by atoms with Gasteiger partial charge in [-0.25, -0.2) is 0 Å². The van der Waals surface area contributed by atoms with Crippen LogP contribution < -0.4 is 14.8 Å². The first kappa shape index (κ1) is 16.9. The number of anilines is 1. The minimum atomic E-state index is 0.0660. The van der Waals surface area contributed by atoms with Gasteiger partial charge in [-0.2, -0.15) is 0 Å². The number of nitrogens with one attached hydrogen (secondary N) is 1. The number of rotatable bonds is 8. The molecule has 3 rings (SSSR count). The van der Waals surface area contributed by atoms with Gasteiger partial charge in [0.25, 0.3) is 0 Å². The van der Waals surface area contributed by atoms with E-state index in [1.807, 2.05) is 72.8 Å². The SMILES string of the molecule is CC(CNc1cccc(OCc2ccccc2)c1)Oc1ccccc1. The van der Waals surface area contributed by atoms with Crippen LogP contribution in [0.2, 0.25) is 0 Å². The second-order valence-corrected chi connectivity index (χ2v) is 5.92. The third-order valence-electron chi connectivity index (χ3n) is 3.76. The van der Waals surface area contributed by atoms with E-state index in [2.05, 4.69) is 24.4 Å². The van der Waals surface area contributed by atoms with Crippen molar-refractivity contribution >= 4 is 5.69 Å². The van der Waals surface area contributed by atoms with E-state index in [1.165, 1.54) is 0 Å². The summed E-state index contributed by atoms with van der Waals surface area (Å²) in [5.41, 5.74) is 2.18. The minimum Gasteiger partial charge on any atom is -0.489 e. The maximum atomic E-state index is 5.88. The molecule has 0 saturated heterocycles. The first-order valence-electron chi connectivity index (χ1n) is 8.52. The summed E-state index contributed by atoms with van der Waals surface area (Å²) >= 11 is 0. The zero-order chi connectivity index (χ0) is 17.3. The van der Waals surface area contributed by atoms with Crippen molar-refractivity contribution in [3.8, 4) is 11.5 Å². The van der Waals surface area contributed by atoms with Crippen molar-refractivity contribution in [2.24, 2.45) is 0 Å². The van der Waals surface area contributed by atoms with Gasteiger partial charge >= 0.3 is 0 Å². The Morgan fingerprint density at radius 3 is 2.24 bits per heavy atom. The highest BCUT2D eigenvalue weighted by atomic mass is 16.5. The molecular weight excluding hydrogens is 310 g/mol. The predicted octanol–water partition coefficient (Wildman–Crippen LogP) is 5.15. The van der Waals surface area contributed by atoms with E-state index in [1.54, 1.807) is 0 Å². The number of para-hydroxylation sites is 1. The highest BCUT2D eigenvalue weighted by Crippen LogP contribution is 2.19. The summed E-state index contributed by atoms with van der Waals surface area (Å²) < 4.78 is 11.7. The largest absolute Gasteiger partial charge is 0.489 e. The zero-order valence-electron chi connectivity index (χ0n) is 14.4. The Morgan fingerprint density at radius 2 is 1.48 bits per heavy atom. The topological polar surface area (TPSA) is 30.5 Å². The molecule has 1 N–H and O–H groups in total. The lowest BCUT2D eigenvalue weighted by molar-refractivity contribution is 0.234. The fraction of sp³-hybridized carbons (Fsp3) is 0.182. The average molecular weight is 333 g/mol. The molecule has 1 unspecified atom stereocenters. The lowest BCUT2D eigenvalue weighted by Gasteiger charge is -2.16. The van der Waals surface area contributed by atoms with Crippen LogP contribution in [0.25, 0.3) is 0 Å². The van der Waals surface area contributed by atoms with Crippen molar-refractivity contribution in [3.63, 3.8) is 0 Å². The smallest absolute Gasteiger partial charge is 0.121 e. The van der Waals surface area contributed by atoms with Crippen LogP contribution in [-0.4, -0.2) is 12.6 Å². The Labute approximate surface area is 149 Å². The van der Waals surface area contributed by atoms with E-state index in [0.717, 1.165) is 29.3 Å². The van der Waals surface area contributed by atoms with Crippen LogP contribution in [0.5, 0.6) is 11.5 Å². The predicted molar refractivity (Wildman–Crippen MR) is 102 cm³/mol.